The van der Waals surface area contributed by atoms with Crippen LogP contribution in [0.15, 0.2) is 42.5 Å². The normalized spacial score (nSPS) is 10.7. The van der Waals surface area contributed by atoms with E-state index in [0.29, 0.717) is 17.9 Å². The first-order valence-corrected chi connectivity index (χ1v) is 8.27. The van der Waals surface area contributed by atoms with E-state index in [1.165, 1.54) is 0 Å². The van der Waals surface area contributed by atoms with Crippen LogP contribution in [0.1, 0.15) is 34.8 Å². The van der Waals surface area contributed by atoms with Gasteiger partial charge in [-0.2, -0.15) is 0 Å². The Kier molecular flexibility index (Phi) is 6.63. The predicted octanol–water partition coefficient (Wildman–Crippen LogP) is 4.70. The fourth-order valence-corrected chi connectivity index (χ4v) is 2.42. The van der Waals surface area contributed by atoms with Crippen molar-refractivity contribution in [3.8, 4) is 17.2 Å². The van der Waals surface area contributed by atoms with Crippen LogP contribution in [-0.2, 0) is 0 Å². The Balaban J connectivity index is 2.15. The number of carbonyl (C=O) groups excluding carboxylic acids is 1. The van der Waals surface area contributed by atoms with Gasteiger partial charge >= 0.3 is 0 Å². The van der Waals surface area contributed by atoms with Gasteiger partial charge in [0.25, 0.3) is 0 Å². The molecule has 4 heteroatoms. The molecule has 25 heavy (non-hydrogen) atoms. The number of rotatable bonds is 8. The number of carbonyl (C=O) groups is 1. The number of aryl methyl sites for hydroxylation is 1. The van der Waals surface area contributed by atoms with Crippen LogP contribution in [0.25, 0.3) is 6.08 Å². The molecule has 0 amide bonds. The first kappa shape index (κ1) is 18.6. The van der Waals surface area contributed by atoms with Crippen molar-refractivity contribution in [2.45, 2.75) is 20.3 Å². The van der Waals surface area contributed by atoms with Gasteiger partial charge in [-0.3, -0.25) is 4.79 Å². The Morgan fingerprint density at radius 1 is 1.04 bits per heavy atom. The lowest BCUT2D eigenvalue weighted by Gasteiger charge is -2.10. The summed E-state index contributed by atoms with van der Waals surface area (Å²) in [5, 5.41) is 0. The van der Waals surface area contributed by atoms with E-state index in [1.54, 1.807) is 38.5 Å². The fourth-order valence-electron chi connectivity index (χ4n) is 2.42. The molecule has 2 aromatic carbocycles. The van der Waals surface area contributed by atoms with Gasteiger partial charge in [0, 0.05) is 17.2 Å². The zero-order chi connectivity index (χ0) is 18.2. The van der Waals surface area contributed by atoms with Crippen molar-refractivity contribution in [1.29, 1.82) is 0 Å². The van der Waals surface area contributed by atoms with Crippen molar-refractivity contribution in [3.05, 3.63) is 59.2 Å². The van der Waals surface area contributed by atoms with Gasteiger partial charge in [0.2, 0.25) is 0 Å². The third-order valence-corrected chi connectivity index (χ3v) is 3.77. The van der Waals surface area contributed by atoms with Crippen LogP contribution in [0, 0.1) is 6.92 Å². The van der Waals surface area contributed by atoms with Crippen LogP contribution in [0.4, 0.5) is 0 Å². The Morgan fingerprint density at radius 2 is 1.72 bits per heavy atom. The van der Waals surface area contributed by atoms with E-state index in [0.717, 1.165) is 29.0 Å². The molecule has 0 saturated carbocycles. The fraction of sp³-hybridized carbons (Fsp3) is 0.286. The second-order valence-corrected chi connectivity index (χ2v) is 5.63. The largest absolute Gasteiger partial charge is 0.496 e. The van der Waals surface area contributed by atoms with E-state index in [9.17, 15) is 4.79 Å². The van der Waals surface area contributed by atoms with Gasteiger partial charge in [-0.25, -0.2) is 0 Å². The molecular weight excluding hydrogens is 316 g/mol. The van der Waals surface area contributed by atoms with E-state index in [4.69, 9.17) is 14.2 Å². The molecule has 0 aliphatic carbocycles. The van der Waals surface area contributed by atoms with Crippen molar-refractivity contribution in [2.75, 3.05) is 20.8 Å². The summed E-state index contributed by atoms with van der Waals surface area (Å²) in [4.78, 5) is 12.4. The predicted molar refractivity (Wildman–Crippen MR) is 99.9 cm³/mol. The first-order chi connectivity index (χ1) is 12.1. The third-order valence-electron chi connectivity index (χ3n) is 3.77. The molecule has 2 rings (SSSR count). The summed E-state index contributed by atoms with van der Waals surface area (Å²) in [5.74, 6) is 2.12. The summed E-state index contributed by atoms with van der Waals surface area (Å²) in [6.07, 6.45) is 4.26. The summed E-state index contributed by atoms with van der Waals surface area (Å²) < 4.78 is 16.2. The van der Waals surface area contributed by atoms with Gasteiger partial charge in [0.05, 0.1) is 20.8 Å². The first-order valence-electron chi connectivity index (χ1n) is 8.27. The summed E-state index contributed by atoms with van der Waals surface area (Å²) in [7, 11) is 3.22. The zero-order valence-electron chi connectivity index (χ0n) is 15.2. The molecule has 0 fully saturated rings. The maximum absolute atomic E-state index is 12.4. The van der Waals surface area contributed by atoms with Crippen LogP contribution in [0.3, 0.4) is 0 Å². The molecular formula is C21H24O4. The lowest BCUT2D eigenvalue weighted by Crippen LogP contribution is -1.97. The van der Waals surface area contributed by atoms with Crippen molar-refractivity contribution < 1.29 is 19.0 Å². The summed E-state index contributed by atoms with van der Waals surface area (Å²) in [5.41, 5.74) is 2.43. The van der Waals surface area contributed by atoms with E-state index < -0.39 is 0 Å². The van der Waals surface area contributed by atoms with Crippen LogP contribution >= 0.6 is 0 Å². The second-order valence-electron chi connectivity index (χ2n) is 5.63. The monoisotopic (exact) mass is 340 g/mol. The van der Waals surface area contributed by atoms with Crippen molar-refractivity contribution in [3.63, 3.8) is 0 Å². The molecule has 0 heterocycles. The maximum Gasteiger partial charge on any atom is 0.185 e. The standard InChI is InChI=1S/C21H24O4/c1-5-12-25-18-9-6-16(7-10-18)19(22)11-8-17-13-15(2)20(23-3)14-21(17)24-4/h6-11,13-14H,5,12H2,1-4H3. The van der Waals surface area contributed by atoms with Gasteiger partial charge in [-0.1, -0.05) is 6.92 Å². The lowest BCUT2D eigenvalue weighted by atomic mass is 10.1. The van der Waals surface area contributed by atoms with Crippen LogP contribution in [0.2, 0.25) is 0 Å². The maximum atomic E-state index is 12.4. The summed E-state index contributed by atoms with van der Waals surface area (Å²) in [6.45, 7) is 4.67. The van der Waals surface area contributed by atoms with Crippen molar-refractivity contribution in [1.82, 2.24) is 0 Å². The Hall–Kier alpha value is -2.75. The molecule has 0 radical (unpaired) electrons. The highest BCUT2D eigenvalue weighted by Gasteiger charge is 2.08. The molecule has 0 aliphatic heterocycles. The number of allylic oxidation sites excluding steroid dienone is 1. The zero-order valence-corrected chi connectivity index (χ0v) is 15.2. The Bertz CT molecular complexity index is 745. The van der Waals surface area contributed by atoms with Crippen molar-refractivity contribution >= 4 is 11.9 Å². The van der Waals surface area contributed by atoms with Crippen LogP contribution in [0.5, 0.6) is 17.2 Å². The molecule has 0 aromatic heterocycles. The average molecular weight is 340 g/mol. The summed E-state index contributed by atoms with van der Waals surface area (Å²) >= 11 is 0. The minimum atomic E-state index is -0.0717. The highest BCUT2D eigenvalue weighted by Crippen LogP contribution is 2.29. The van der Waals surface area contributed by atoms with Gasteiger partial charge < -0.3 is 14.2 Å². The van der Waals surface area contributed by atoms with Gasteiger partial charge in [0.1, 0.15) is 17.2 Å². The van der Waals surface area contributed by atoms with E-state index in [1.807, 2.05) is 31.2 Å². The number of methoxy groups -OCH3 is 2. The van der Waals surface area contributed by atoms with Crippen LogP contribution < -0.4 is 14.2 Å². The van der Waals surface area contributed by atoms with Crippen LogP contribution in [-0.4, -0.2) is 26.6 Å². The van der Waals surface area contributed by atoms with E-state index in [2.05, 4.69) is 6.92 Å². The number of ketones is 1. The minimum Gasteiger partial charge on any atom is -0.496 e. The minimum absolute atomic E-state index is 0.0717. The highest BCUT2D eigenvalue weighted by molar-refractivity contribution is 6.07. The molecule has 132 valence electrons. The molecule has 4 nitrogen and oxygen atoms in total. The lowest BCUT2D eigenvalue weighted by molar-refractivity contribution is 0.104. The number of hydrogen-bond acceptors (Lipinski definition) is 4. The molecule has 0 unspecified atom stereocenters. The topological polar surface area (TPSA) is 44.8 Å². The molecule has 0 spiro atoms. The molecule has 0 bridgehead atoms. The Labute approximate surface area is 149 Å². The van der Waals surface area contributed by atoms with E-state index in [-0.39, 0.29) is 5.78 Å². The SMILES string of the molecule is CCCOc1ccc(C(=O)C=Cc2cc(C)c(OC)cc2OC)cc1. The molecule has 0 aliphatic rings. The smallest absolute Gasteiger partial charge is 0.185 e. The number of ether oxygens (including phenoxy) is 3. The quantitative estimate of drug-likeness (QED) is 0.516. The molecule has 0 atom stereocenters. The second kappa shape index (κ2) is 8.92. The van der Waals surface area contributed by atoms with Gasteiger partial charge in [-0.05, 0) is 61.4 Å². The van der Waals surface area contributed by atoms with E-state index >= 15 is 0 Å². The number of hydrogen-bond donors (Lipinski definition) is 0. The highest BCUT2D eigenvalue weighted by atomic mass is 16.5. The molecule has 2 aromatic rings. The third kappa shape index (κ3) is 4.86. The molecule has 0 saturated heterocycles. The molecule has 0 N–H and O–H groups in total. The Morgan fingerprint density at radius 3 is 2.32 bits per heavy atom. The van der Waals surface area contributed by atoms with Gasteiger partial charge in [-0.15, -0.1) is 0 Å². The number of benzene rings is 2. The van der Waals surface area contributed by atoms with Crippen molar-refractivity contribution in [2.24, 2.45) is 0 Å². The summed E-state index contributed by atoms with van der Waals surface area (Å²) in [6, 6.07) is 10.9. The average Bonchev–Trinajstić information content (AvgIpc) is 2.64. The van der Waals surface area contributed by atoms with Gasteiger partial charge in [0.15, 0.2) is 5.78 Å².